The van der Waals surface area contributed by atoms with Gasteiger partial charge in [-0.15, -0.1) is 0 Å². The number of carbonyl (C=O) groups is 1. The van der Waals surface area contributed by atoms with Gasteiger partial charge in [0.25, 0.3) is 5.91 Å². The Kier molecular flexibility index (Phi) is 4.32. The van der Waals surface area contributed by atoms with Crippen LogP contribution < -0.4 is 5.43 Å². The number of nitrogens with one attached hydrogen (secondary N) is 1. The number of fused-ring (bicyclic) bond motifs is 2. The van der Waals surface area contributed by atoms with E-state index in [-0.39, 0.29) is 5.91 Å². The number of rotatable bonds is 4. The molecule has 2 fully saturated rings. The molecule has 2 aliphatic carbocycles. The fourth-order valence-electron chi connectivity index (χ4n) is 4.06. The van der Waals surface area contributed by atoms with E-state index in [1.165, 1.54) is 31.2 Å². The summed E-state index contributed by atoms with van der Waals surface area (Å²) < 4.78 is 0. The molecule has 3 rings (SSSR count). The van der Waals surface area contributed by atoms with Gasteiger partial charge in [-0.1, -0.05) is 32.4 Å². The molecule has 0 radical (unpaired) electrons. The molecule has 3 nitrogen and oxygen atoms in total. The van der Waals surface area contributed by atoms with Crippen molar-refractivity contribution < 1.29 is 4.79 Å². The summed E-state index contributed by atoms with van der Waals surface area (Å²) in [7, 11) is 0. The molecule has 3 atom stereocenters. The summed E-state index contributed by atoms with van der Waals surface area (Å²) in [6, 6.07) is 7.80. The van der Waals surface area contributed by atoms with Crippen LogP contribution in [0.3, 0.4) is 0 Å². The Labute approximate surface area is 133 Å². The zero-order valence-electron chi connectivity index (χ0n) is 13.8. The van der Waals surface area contributed by atoms with Gasteiger partial charge < -0.3 is 0 Å². The highest BCUT2D eigenvalue weighted by atomic mass is 16.2. The number of nitrogens with zero attached hydrogens (tertiary/aromatic N) is 1. The topological polar surface area (TPSA) is 41.5 Å². The molecule has 0 spiro atoms. The van der Waals surface area contributed by atoms with Gasteiger partial charge in [-0.2, -0.15) is 5.10 Å². The number of hydrazone groups is 1. The molecule has 1 N–H and O–H groups in total. The van der Waals surface area contributed by atoms with Crippen LogP contribution in [0.15, 0.2) is 29.4 Å². The first-order chi connectivity index (χ1) is 10.5. The van der Waals surface area contributed by atoms with E-state index in [1.807, 2.05) is 24.3 Å². The van der Waals surface area contributed by atoms with Crippen molar-refractivity contribution in [2.24, 2.45) is 22.9 Å². The van der Waals surface area contributed by atoms with Crippen LogP contribution in [0.4, 0.5) is 0 Å². The molecule has 0 aliphatic heterocycles. The molecular weight excluding hydrogens is 272 g/mol. The molecule has 2 bridgehead atoms. The first kappa shape index (κ1) is 15.3. The quantitative estimate of drug-likeness (QED) is 0.651. The molecular formula is C19H26N2O. The lowest BCUT2D eigenvalue weighted by atomic mass is 9.86. The minimum Gasteiger partial charge on any atom is -0.267 e. The Balaban J connectivity index is 1.60. The van der Waals surface area contributed by atoms with Gasteiger partial charge in [0.05, 0.1) is 0 Å². The van der Waals surface area contributed by atoms with Gasteiger partial charge in [-0.25, -0.2) is 5.43 Å². The Morgan fingerprint density at radius 3 is 2.45 bits per heavy atom. The molecule has 2 aliphatic rings. The van der Waals surface area contributed by atoms with E-state index >= 15 is 0 Å². The number of hydrogen-bond donors (Lipinski definition) is 1. The predicted molar refractivity (Wildman–Crippen MR) is 90.0 cm³/mol. The summed E-state index contributed by atoms with van der Waals surface area (Å²) in [4.78, 5) is 12.2. The van der Waals surface area contributed by atoms with Gasteiger partial charge in [0.1, 0.15) is 0 Å². The molecule has 0 aromatic heterocycles. The number of carbonyl (C=O) groups excluding carboxylic acids is 1. The fraction of sp³-hybridized carbons (Fsp3) is 0.579. The van der Waals surface area contributed by atoms with Crippen molar-refractivity contribution in [2.45, 2.75) is 52.4 Å². The summed E-state index contributed by atoms with van der Waals surface area (Å²) >= 11 is 0. The smallest absolute Gasteiger partial charge is 0.267 e. The second-order valence-corrected chi connectivity index (χ2v) is 7.25. The zero-order valence-corrected chi connectivity index (χ0v) is 13.8. The summed E-state index contributed by atoms with van der Waals surface area (Å²) in [6.07, 6.45) is 5.36. The minimum absolute atomic E-state index is 0.113. The van der Waals surface area contributed by atoms with E-state index < -0.39 is 0 Å². The average Bonchev–Trinajstić information content (AvgIpc) is 3.15. The van der Waals surface area contributed by atoms with Gasteiger partial charge in [0.2, 0.25) is 0 Å². The zero-order chi connectivity index (χ0) is 15.7. The largest absolute Gasteiger partial charge is 0.271 e. The average molecular weight is 298 g/mol. The second-order valence-electron chi connectivity index (χ2n) is 7.25. The first-order valence-corrected chi connectivity index (χ1v) is 8.49. The van der Waals surface area contributed by atoms with Gasteiger partial charge in [0.15, 0.2) is 0 Å². The molecule has 22 heavy (non-hydrogen) atoms. The van der Waals surface area contributed by atoms with Gasteiger partial charge in [0, 0.05) is 17.2 Å². The van der Waals surface area contributed by atoms with E-state index in [4.69, 9.17) is 0 Å². The van der Waals surface area contributed by atoms with E-state index in [0.717, 1.165) is 17.5 Å². The molecule has 1 amide bonds. The third-order valence-corrected chi connectivity index (χ3v) is 5.45. The maximum atomic E-state index is 12.2. The normalized spacial score (nSPS) is 27.5. The van der Waals surface area contributed by atoms with Gasteiger partial charge in [-0.3, -0.25) is 4.79 Å². The Morgan fingerprint density at radius 1 is 1.18 bits per heavy atom. The predicted octanol–water partition coefficient (Wildman–Crippen LogP) is 4.35. The highest BCUT2D eigenvalue weighted by Gasteiger charge is 2.40. The van der Waals surface area contributed by atoms with E-state index in [0.29, 0.717) is 17.4 Å². The van der Waals surface area contributed by atoms with E-state index in [1.54, 1.807) is 0 Å². The van der Waals surface area contributed by atoms with Crippen LogP contribution in [0.2, 0.25) is 0 Å². The van der Waals surface area contributed by atoms with Crippen molar-refractivity contribution >= 4 is 11.6 Å². The number of hydrogen-bond acceptors (Lipinski definition) is 2. The molecule has 1 aromatic rings. The van der Waals surface area contributed by atoms with Crippen molar-refractivity contribution in [2.75, 3.05) is 0 Å². The van der Waals surface area contributed by atoms with Crippen LogP contribution in [0, 0.1) is 17.8 Å². The van der Waals surface area contributed by atoms with Crippen molar-refractivity contribution in [3.8, 4) is 0 Å². The minimum atomic E-state index is -0.113. The van der Waals surface area contributed by atoms with Crippen LogP contribution in [0.1, 0.15) is 68.3 Å². The third-order valence-electron chi connectivity index (χ3n) is 5.45. The molecule has 0 heterocycles. The highest BCUT2D eigenvalue weighted by Crippen LogP contribution is 2.48. The Morgan fingerprint density at radius 2 is 1.91 bits per heavy atom. The van der Waals surface area contributed by atoms with Crippen LogP contribution >= 0.6 is 0 Å². The first-order valence-electron chi connectivity index (χ1n) is 8.49. The van der Waals surface area contributed by atoms with E-state index in [9.17, 15) is 4.79 Å². The Bertz CT molecular complexity index is 574. The summed E-state index contributed by atoms with van der Waals surface area (Å²) in [6.45, 7) is 6.36. The summed E-state index contributed by atoms with van der Waals surface area (Å²) in [5, 5.41) is 4.38. The number of amides is 1. The monoisotopic (exact) mass is 298 g/mol. The molecule has 3 heteroatoms. The summed E-state index contributed by atoms with van der Waals surface area (Å²) in [5.41, 5.74) is 5.75. The van der Waals surface area contributed by atoms with E-state index in [2.05, 4.69) is 31.3 Å². The third kappa shape index (κ3) is 3.08. The molecule has 3 unspecified atom stereocenters. The van der Waals surface area contributed by atoms with Gasteiger partial charge in [-0.05, 0) is 61.6 Å². The lowest BCUT2D eigenvalue weighted by Crippen LogP contribution is -2.24. The van der Waals surface area contributed by atoms with Crippen molar-refractivity contribution in [1.29, 1.82) is 0 Å². The standard InChI is InChI=1S/C19H26N2O/c1-12(2)15-6-8-16(9-7-15)19(22)21-20-13(3)18-11-14-4-5-17(18)10-14/h6-9,12,14,17-18H,4-5,10-11H2,1-3H3,(H,21,22). The van der Waals surface area contributed by atoms with Crippen LogP contribution in [0.25, 0.3) is 0 Å². The maximum Gasteiger partial charge on any atom is 0.271 e. The summed E-state index contributed by atoms with van der Waals surface area (Å²) in [5.74, 6) is 2.66. The molecule has 0 saturated heterocycles. The van der Waals surface area contributed by atoms with Crippen molar-refractivity contribution in [3.63, 3.8) is 0 Å². The highest BCUT2D eigenvalue weighted by molar-refractivity contribution is 5.95. The lowest BCUT2D eigenvalue weighted by molar-refractivity contribution is 0.0954. The molecule has 1 aromatic carbocycles. The maximum absolute atomic E-state index is 12.2. The van der Waals surface area contributed by atoms with Crippen molar-refractivity contribution in [3.05, 3.63) is 35.4 Å². The Hall–Kier alpha value is -1.64. The lowest BCUT2D eigenvalue weighted by Gasteiger charge is -2.21. The number of benzene rings is 1. The fourth-order valence-corrected chi connectivity index (χ4v) is 4.06. The van der Waals surface area contributed by atoms with Crippen molar-refractivity contribution in [1.82, 2.24) is 5.43 Å². The van der Waals surface area contributed by atoms with Crippen LogP contribution in [-0.4, -0.2) is 11.6 Å². The SMILES string of the molecule is CC(=NNC(=O)c1ccc(C(C)C)cc1)C1CC2CCC1C2. The second kappa shape index (κ2) is 6.23. The van der Waals surface area contributed by atoms with Crippen LogP contribution in [0.5, 0.6) is 0 Å². The van der Waals surface area contributed by atoms with Crippen LogP contribution in [-0.2, 0) is 0 Å². The van der Waals surface area contributed by atoms with Gasteiger partial charge >= 0.3 is 0 Å². The molecule has 2 saturated carbocycles. The molecule has 118 valence electrons.